The summed E-state index contributed by atoms with van der Waals surface area (Å²) < 4.78 is 40.7. The average molecular weight is 367 g/mol. The van der Waals surface area contributed by atoms with E-state index >= 15 is 0 Å². The zero-order valence-electron chi connectivity index (χ0n) is 11.2. The lowest BCUT2D eigenvalue weighted by Crippen LogP contribution is -2.35. The Morgan fingerprint density at radius 2 is 2.19 bits per heavy atom. The van der Waals surface area contributed by atoms with Crippen molar-refractivity contribution in [3.8, 4) is 0 Å². The molecule has 0 bridgehead atoms. The number of alkyl halides is 4. The maximum Gasteiger partial charge on any atom is 0.411 e. The normalized spacial score (nSPS) is 16.4. The molecule has 4 nitrogen and oxygen atoms in total. The lowest BCUT2D eigenvalue weighted by Gasteiger charge is -2.26. The molecule has 1 aromatic rings. The van der Waals surface area contributed by atoms with Crippen LogP contribution < -0.4 is 5.32 Å². The Bertz CT molecular complexity index is 537. The number of hydrogen-bond donors (Lipinski definition) is 1. The largest absolute Gasteiger partial charge is 0.411 e. The summed E-state index contributed by atoms with van der Waals surface area (Å²) in [4.78, 5) is 12.7. The van der Waals surface area contributed by atoms with Crippen LogP contribution in [0.25, 0.3) is 0 Å². The summed E-state index contributed by atoms with van der Waals surface area (Å²) in [5.74, 6) is 0. The Hall–Kier alpha value is -1.28. The number of nitrogens with zero attached hydrogens (tertiary/aromatic N) is 1. The number of nitrogens with one attached hydrogen (secondary N) is 1. The van der Waals surface area contributed by atoms with Crippen LogP contribution >= 0.6 is 15.9 Å². The van der Waals surface area contributed by atoms with Crippen molar-refractivity contribution in [1.82, 2.24) is 4.90 Å². The first-order valence-electron chi connectivity index (χ1n) is 6.20. The van der Waals surface area contributed by atoms with Gasteiger partial charge in [-0.3, -0.25) is 0 Å². The van der Waals surface area contributed by atoms with Crippen LogP contribution in [0, 0.1) is 0 Å². The monoisotopic (exact) mass is 366 g/mol. The first-order chi connectivity index (χ1) is 9.76. The quantitative estimate of drug-likeness (QED) is 0.825. The van der Waals surface area contributed by atoms with Gasteiger partial charge in [-0.15, -0.1) is 0 Å². The molecule has 0 aromatic heterocycles. The van der Waals surface area contributed by atoms with Gasteiger partial charge >= 0.3 is 12.2 Å². The van der Waals surface area contributed by atoms with Crippen molar-refractivity contribution in [2.75, 3.05) is 25.6 Å². The molecule has 0 saturated carbocycles. The van der Waals surface area contributed by atoms with Crippen LogP contribution in [-0.2, 0) is 11.3 Å². The highest BCUT2D eigenvalue weighted by atomic mass is 79.9. The van der Waals surface area contributed by atoms with Crippen LogP contribution in [0.4, 0.5) is 23.7 Å². The van der Waals surface area contributed by atoms with Gasteiger partial charge in [0, 0.05) is 19.3 Å². The first-order valence-corrected chi connectivity index (χ1v) is 7.11. The van der Waals surface area contributed by atoms with E-state index in [2.05, 4.69) is 26.0 Å². The van der Waals surface area contributed by atoms with E-state index in [-0.39, 0.29) is 17.5 Å². The molecule has 8 heteroatoms. The number of hydrogen-bond acceptors (Lipinski definition) is 2. The van der Waals surface area contributed by atoms with E-state index in [1.165, 1.54) is 4.90 Å². The minimum atomic E-state index is -4.32. The fraction of sp³-hybridized carbons (Fsp3) is 0.462. The lowest BCUT2D eigenvalue weighted by molar-refractivity contribution is -0.173. The summed E-state index contributed by atoms with van der Waals surface area (Å²) in [6.07, 6.45) is -4.32. The number of carbonyl (C=O) groups excluding carboxylic acids is 1. The Labute approximate surface area is 128 Å². The fourth-order valence-electron chi connectivity index (χ4n) is 1.97. The van der Waals surface area contributed by atoms with Gasteiger partial charge in [0.15, 0.2) is 0 Å². The summed E-state index contributed by atoms with van der Waals surface area (Å²) in [6, 6.07) is 5.16. The Balaban J connectivity index is 2.01. The number of rotatable bonds is 4. The molecule has 1 unspecified atom stereocenters. The highest BCUT2D eigenvalue weighted by Crippen LogP contribution is 2.30. The van der Waals surface area contributed by atoms with Crippen molar-refractivity contribution in [1.29, 1.82) is 0 Å². The molecule has 0 fully saturated rings. The minimum absolute atomic E-state index is 0.0828. The topological polar surface area (TPSA) is 41.6 Å². The number of anilines is 1. The predicted molar refractivity (Wildman–Crippen MR) is 75.5 cm³/mol. The molecule has 1 aliphatic rings. The number of ether oxygens (including phenoxy) is 1. The molecule has 0 aliphatic carbocycles. The van der Waals surface area contributed by atoms with Crippen LogP contribution in [0.15, 0.2) is 18.2 Å². The molecule has 1 heterocycles. The van der Waals surface area contributed by atoms with E-state index in [1.54, 1.807) is 19.2 Å². The molecule has 2 amide bonds. The predicted octanol–water partition coefficient (Wildman–Crippen LogP) is 3.68. The second kappa shape index (κ2) is 6.23. The smallest absolute Gasteiger partial charge is 0.371 e. The zero-order chi connectivity index (χ0) is 15.6. The zero-order valence-corrected chi connectivity index (χ0v) is 12.8. The highest BCUT2D eigenvalue weighted by molar-refractivity contribution is 9.09. The van der Waals surface area contributed by atoms with Crippen LogP contribution in [0.2, 0.25) is 0 Å². The standard InChI is InChI=1S/C13H14BrF3N2O2/c1-19-5-9-4-8(2-3-11(9)18-12(19)20)10(14)6-21-7-13(15,16)17/h2-4,10H,5-7H2,1H3,(H,18,20). The van der Waals surface area contributed by atoms with Gasteiger partial charge in [-0.25, -0.2) is 4.79 Å². The van der Waals surface area contributed by atoms with Crippen molar-refractivity contribution in [2.45, 2.75) is 17.5 Å². The molecule has 21 heavy (non-hydrogen) atoms. The Morgan fingerprint density at radius 1 is 1.48 bits per heavy atom. The molecule has 2 rings (SSSR count). The summed E-state index contributed by atoms with van der Waals surface area (Å²) in [5.41, 5.74) is 2.44. The third kappa shape index (κ3) is 4.34. The first kappa shape index (κ1) is 16.1. The molecular formula is C13H14BrF3N2O2. The number of amides is 2. The molecule has 1 aromatic carbocycles. The minimum Gasteiger partial charge on any atom is -0.371 e. The second-order valence-corrected chi connectivity index (χ2v) is 5.91. The van der Waals surface area contributed by atoms with Crippen LogP contribution in [0.5, 0.6) is 0 Å². The van der Waals surface area contributed by atoms with Crippen molar-refractivity contribution in [2.24, 2.45) is 0 Å². The van der Waals surface area contributed by atoms with Crippen LogP contribution in [0.1, 0.15) is 16.0 Å². The molecular weight excluding hydrogens is 353 g/mol. The number of carbonyl (C=O) groups is 1. The van der Waals surface area contributed by atoms with E-state index in [1.807, 2.05) is 6.07 Å². The summed E-state index contributed by atoms with van der Waals surface area (Å²) in [7, 11) is 1.67. The van der Waals surface area contributed by atoms with Crippen molar-refractivity contribution < 1.29 is 22.7 Å². The molecule has 0 radical (unpaired) electrons. The molecule has 0 spiro atoms. The van der Waals surface area contributed by atoms with E-state index in [4.69, 9.17) is 0 Å². The van der Waals surface area contributed by atoms with Crippen LogP contribution in [-0.4, -0.2) is 37.4 Å². The van der Waals surface area contributed by atoms with Gasteiger partial charge in [0.2, 0.25) is 0 Å². The summed E-state index contributed by atoms with van der Waals surface area (Å²) in [6.45, 7) is -0.891. The van der Waals surface area contributed by atoms with Crippen LogP contribution in [0.3, 0.4) is 0 Å². The summed E-state index contributed by atoms with van der Waals surface area (Å²) >= 11 is 3.32. The maximum atomic E-state index is 12.0. The highest BCUT2D eigenvalue weighted by Gasteiger charge is 2.28. The van der Waals surface area contributed by atoms with Gasteiger partial charge in [-0.2, -0.15) is 13.2 Å². The van der Waals surface area contributed by atoms with E-state index in [0.29, 0.717) is 6.54 Å². The van der Waals surface area contributed by atoms with Gasteiger partial charge in [-0.05, 0) is 17.2 Å². The number of benzene rings is 1. The molecule has 1 N–H and O–H groups in total. The van der Waals surface area contributed by atoms with Gasteiger partial charge in [0.25, 0.3) is 0 Å². The average Bonchev–Trinajstić information content (AvgIpc) is 2.38. The van der Waals surface area contributed by atoms with Crippen molar-refractivity contribution >= 4 is 27.6 Å². The number of halogens is 4. The van der Waals surface area contributed by atoms with Crippen molar-refractivity contribution in [3.05, 3.63) is 29.3 Å². The second-order valence-electron chi connectivity index (χ2n) is 4.80. The van der Waals surface area contributed by atoms with Crippen molar-refractivity contribution in [3.63, 3.8) is 0 Å². The molecule has 1 aliphatic heterocycles. The third-order valence-corrected chi connectivity index (χ3v) is 3.81. The van der Waals surface area contributed by atoms with Gasteiger partial charge in [0.05, 0.1) is 11.4 Å². The van der Waals surface area contributed by atoms with E-state index in [0.717, 1.165) is 16.8 Å². The maximum absolute atomic E-state index is 12.0. The van der Waals surface area contributed by atoms with E-state index in [9.17, 15) is 18.0 Å². The van der Waals surface area contributed by atoms with Gasteiger partial charge in [-0.1, -0.05) is 28.1 Å². The summed E-state index contributed by atoms with van der Waals surface area (Å²) in [5, 5.41) is 2.73. The number of urea groups is 1. The molecule has 116 valence electrons. The van der Waals surface area contributed by atoms with E-state index < -0.39 is 12.8 Å². The SMILES string of the molecule is CN1Cc2cc(C(Br)COCC(F)(F)F)ccc2NC1=O. The van der Waals surface area contributed by atoms with Gasteiger partial charge in [0.1, 0.15) is 6.61 Å². The Morgan fingerprint density at radius 3 is 2.86 bits per heavy atom. The lowest BCUT2D eigenvalue weighted by atomic mass is 10.0. The molecule has 1 atom stereocenters. The third-order valence-electron chi connectivity index (χ3n) is 3.02. The molecule has 0 saturated heterocycles. The fourth-order valence-corrected chi connectivity index (χ4v) is 2.45. The Kier molecular flexibility index (Phi) is 4.77. The van der Waals surface area contributed by atoms with Gasteiger partial charge < -0.3 is 15.0 Å². The number of fused-ring (bicyclic) bond motifs is 1.